The quantitative estimate of drug-likeness (QED) is 0.0518. The summed E-state index contributed by atoms with van der Waals surface area (Å²) in [6.07, 6.45) is 0.134. The Morgan fingerprint density at radius 1 is 0.429 bits per heavy atom. The van der Waals surface area contributed by atoms with Crippen LogP contribution in [0.5, 0.6) is 0 Å². The molecule has 6 heterocycles. The van der Waals surface area contributed by atoms with E-state index in [1.807, 2.05) is 152 Å². The molecular formula is C79H68Br3Cl2F3N6O12. The van der Waals surface area contributed by atoms with Crippen LogP contribution in [0.4, 0.5) is 13.2 Å². The maximum absolute atomic E-state index is 12.8. The van der Waals surface area contributed by atoms with Gasteiger partial charge >= 0.3 is 6.18 Å². The van der Waals surface area contributed by atoms with E-state index in [1.54, 1.807) is 23.1 Å². The van der Waals surface area contributed by atoms with Crippen LogP contribution in [0, 0.1) is 0 Å². The van der Waals surface area contributed by atoms with Crippen molar-refractivity contribution in [3.63, 3.8) is 0 Å². The molecule has 542 valence electrons. The number of Topliss-reactive ketones (excluding diaryl/α,β-unsaturated/α-hetero) is 4. The normalized spacial score (nSPS) is 17.2. The second-order valence-electron chi connectivity index (χ2n) is 24.5. The number of amides is 4. The molecule has 4 atom stereocenters. The van der Waals surface area contributed by atoms with E-state index in [2.05, 4.69) is 57.8 Å². The van der Waals surface area contributed by atoms with E-state index >= 15 is 0 Å². The molecule has 4 N–H and O–H groups in total. The number of ketones is 4. The summed E-state index contributed by atoms with van der Waals surface area (Å²) in [5, 5.41) is 41.8. The van der Waals surface area contributed by atoms with Crippen LogP contribution in [0.25, 0.3) is 0 Å². The van der Waals surface area contributed by atoms with Gasteiger partial charge in [0.05, 0.1) is 46.5 Å². The number of benzene rings is 6. The van der Waals surface area contributed by atoms with Gasteiger partial charge in [0, 0.05) is 62.6 Å². The molecule has 12 rings (SSSR count). The first kappa shape index (κ1) is 79.3. The maximum Gasteiger partial charge on any atom is 0.433 e. The number of carbonyl (C=O) groups is 8. The van der Waals surface area contributed by atoms with E-state index < -0.39 is 88.5 Å². The molecule has 2 aromatic heterocycles. The fraction of sp³-hybridized carbons (Fsp3) is 0.215. The molecule has 0 bridgehead atoms. The van der Waals surface area contributed by atoms with Gasteiger partial charge in [0.2, 0.25) is 0 Å². The van der Waals surface area contributed by atoms with Gasteiger partial charge in [-0.05, 0) is 167 Å². The van der Waals surface area contributed by atoms with Gasteiger partial charge in [0.25, 0.3) is 23.6 Å². The van der Waals surface area contributed by atoms with E-state index in [0.717, 1.165) is 59.1 Å². The van der Waals surface area contributed by atoms with Crippen molar-refractivity contribution >= 4 is 118 Å². The number of carbonyl (C=O) groups excluding carboxylic acids is 8. The van der Waals surface area contributed by atoms with Crippen LogP contribution in [-0.4, -0.2) is 123 Å². The predicted octanol–water partition coefficient (Wildman–Crippen LogP) is 16.3. The summed E-state index contributed by atoms with van der Waals surface area (Å²) in [6.45, 7) is 6.53. The summed E-state index contributed by atoms with van der Waals surface area (Å²) in [5.41, 5.74) is 5.43. The van der Waals surface area contributed by atoms with E-state index in [1.165, 1.54) is 54.7 Å². The van der Waals surface area contributed by atoms with Crippen molar-refractivity contribution in [1.82, 2.24) is 29.6 Å². The monoisotopic (exact) mass is 1660 g/mol. The molecule has 6 aromatic carbocycles. The highest BCUT2D eigenvalue weighted by molar-refractivity contribution is 9.13. The molecule has 8 aromatic rings. The van der Waals surface area contributed by atoms with E-state index in [0.29, 0.717) is 55.9 Å². The lowest BCUT2D eigenvalue weighted by atomic mass is 9.96. The van der Waals surface area contributed by atoms with E-state index in [4.69, 9.17) is 23.2 Å². The van der Waals surface area contributed by atoms with Gasteiger partial charge < -0.3 is 40.0 Å². The van der Waals surface area contributed by atoms with Crippen LogP contribution in [0.15, 0.2) is 253 Å². The standard InChI is InChI=1S/C20H17Br2NO3.C20H17BrClNO3.C20H17F3N2O3.C19H17ClN2O3/c1-12(24)17-18(14-7-8-15(21)16(22)11-14)23(20(26)19(17)25)10-9-13-5-3-2-4-6-13;1-12(24)17-18(14-6-8-15(21)9-7-14)23(20(26)19(17)25)11-10-13-4-2-3-5-16(13)22;1-12(26)16-17(14-7-8-15(24-11-14)20(21,22)23)25(19(28)18(16)27)10-9-13-5-3-2-4-6-13;1-12(23)15-16(14-8-5-10-21-18(14)20)22(19(25)17(15)24)11-9-13-6-3-2-4-7-13/h2-8,11,18,25H,9-10H2,1H3;2-9,18,25H,10-11H2,1H3;2-8,11,17,27H,9-10H2,1H3;2-8,10,16,24H,9,11H2,1H3. The number of aromatic nitrogens is 2. The molecule has 0 spiro atoms. The molecule has 4 amide bonds. The van der Waals surface area contributed by atoms with Gasteiger partial charge in [-0.3, -0.25) is 43.3 Å². The summed E-state index contributed by atoms with van der Waals surface area (Å²) in [4.78, 5) is 112. The summed E-state index contributed by atoms with van der Waals surface area (Å²) in [5.74, 6) is -5.94. The largest absolute Gasteiger partial charge is 0.503 e. The Morgan fingerprint density at radius 2 is 0.800 bits per heavy atom. The molecule has 0 aliphatic carbocycles. The number of hydrogen-bond acceptors (Lipinski definition) is 14. The minimum Gasteiger partial charge on any atom is -0.503 e. The van der Waals surface area contributed by atoms with Gasteiger partial charge in [-0.1, -0.05) is 179 Å². The topological polar surface area (TPSA) is 256 Å². The number of hydrogen-bond donors (Lipinski definition) is 4. The molecular weight excluding hydrogens is 1590 g/mol. The van der Waals surface area contributed by atoms with Gasteiger partial charge in [-0.25, -0.2) is 4.98 Å². The fourth-order valence-corrected chi connectivity index (χ4v) is 14.0. The third-order valence-corrected chi connectivity index (χ3v) is 20.8. The number of aliphatic hydroxyl groups excluding tert-OH is 4. The Kier molecular flexibility index (Phi) is 26.6. The zero-order chi connectivity index (χ0) is 76.1. The molecule has 0 saturated carbocycles. The van der Waals surface area contributed by atoms with Gasteiger partial charge in [-0.2, -0.15) is 13.2 Å². The van der Waals surface area contributed by atoms with Crippen LogP contribution in [0.3, 0.4) is 0 Å². The molecule has 4 aliphatic rings. The average Bonchev–Trinajstić information content (AvgIpc) is 1.64. The lowest BCUT2D eigenvalue weighted by molar-refractivity contribution is -0.141. The molecule has 0 fully saturated rings. The van der Waals surface area contributed by atoms with Crippen LogP contribution in [0.2, 0.25) is 10.2 Å². The Morgan fingerprint density at radius 3 is 1.19 bits per heavy atom. The number of aliphatic hydroxyl groups is 4. The number of nitrogens with zero attached hydrogens (tertiary/aromatic N) is 6. The zero-order valence-electron chi connectivity index (χ0n) is 56.7. The van der Waals surface area contributed by atoms with Gasteiger partial charge in [0.1, 0.15) is 10.8 Å². The highest BCUT2D eigenvalue weighted by Gasteiger charge is 2.47. The van der Waals surface area contributed by atoms with Crippen LogP contribution < -0.4 is 0 Å². The number of pyridine rings is 2. The fourth-order valence-electron chi connectivity index (χ4n) is 12.6. The summed E-state index contributed by atoms with van der Waals surface area (Å²) in [7, 11) is 0. The Bertz CT molecular complexity index is 4760. The average molecular weight is 1660 g/mol. The summed E-state index contributed by atoms with van der Waals surface area (Å²) < 4.78 is 40.9. The predicted molar refractivity (Wildman–Crippen MR) is 399 cm³/mol. The van der Waals surface area contributed by atoms with Crippen LogP contribution >= 0.6 is 71.0 Å². The Labute approximate surface area is 638 Å². The molecule has 4 unspecified atom stereocenters. The summed E-state index contributed by atoms with van der Waals surface area (Å²) >= 11 is 22.7. The number of alkyl halides is 3. The van der Waals surface area contributed by atoms with Crippen LogP contribution in [-0.2, 0) is 70.2 Å². The molecule has 105 heavy (non-hydrogen) atoms. The Balaban J connectivity index is 0.000000162. The Hall–Kier alpha value is -9.85. The second kappa shape index (κ2) is 35.3. The highest BCUT2D eigenvalue weighted by Crippen LogP contribution is 2.44. The van der Waals surface area contributed by atoms with E-state index in [-0.39, 0.29) is 56.9 Å². The lowest BCUT2D eigenvalue weighted by Gasteiger charge is -2.27. The van der Waals surface area contributed by atoms with E-state index in [9.17, 15) is 72.0 Å². The maximum atomic E-state index is 12.8. The van der Waals surface area contributed by atoms with Gasteiger partial charge in [0.15, 0.2) is 46.2 Å². The molecule has 0 radical (unpaired) electrons. The van der Waals surface area contributed by atoms with Crippen molar-refractivity contribution in [3.8, 4) is 0 Å². The number of halogens is 8. The molecule has 26 heteroatoms. The molecule has 18 nitrogen and oxygen atoms in total. The second-order valence-corrected chi connectivity index (χ2v) is 27.9. The highest BCUT2D eigenvalue weighted by atomic mass is 79.9. The van der Waals surface area contributed by atoms with Crippen molar-refractivity contribution in [1.29, 1.82) is 0 Å². The SMILES string of the molecule is CC(=O)C1=C(O)C(=O)N(CCc2ccccc2)C1c1ccc(Br)c(Br)c1.CC(=O)C1=C(O)C(=O)N(CCc2ccccc2)C1c1ccc(C(F)(F)F)nc1.CC(=O)C1=C(O)C(=O)N(CCc2ccccc2)C1c1cccnc1Cl.CC(=O)C1=C(O)C(=O)N(CCc2ccccc2Cl)C1c1ccc(Br)cc1. The zero-order valence-corrected chi connectivity index (χ0v) is 63.0. The van der Waals surface area contributed by atoms with Crippen molar-refractivity contribution in [2.24, 2.45) is 0 Å². The lowest BCUT2D eigenvalue weighted by Crippen LogP contribution is -2.33. The van der Waals surface area contributed by atoms with Crippen molar-refractivity contribution in [2.75, 3.05) is 26.2 Å². The minimum atomic E-state index is -4.60. The van der Waals surface area contributed by atoms with Gasteiger partial charge in [-0.15, -0.1) is 0 Å². The first-order valence-electron chi connectivity index (χ1n) is 32.7. The smallest absolute Gasteiger partial charge is 0.433 e. The first-order chi connectivity index (χ1) is 50.0. The van der Waals surface area contributed by atoms with Crippen molar-refractivity contribution in [3.05, 3.63) is 314 Å². The third kappa shape index (κ3) is 18.6. The first-order valence-corrected chi connectivity index (χ1v) is 35.8. The molecule has 0 saturated heterocycles. The molecule has 4 aliphatic heterocycles. The van der Waals surface area contributed by atoms with Crippen molar-refractivity contribution in [2.45, 2.75) is 83.7 Å². The third-order valence-electron chi connectivity index (χ3n) is 17.7. The van der Waals surface area contributed by atoms with Crippen molar-refractivity contribution < 1.29 is 72.0 Å². The number of rotatable bonds is 20. The summed E-state index contributed by atoms with van der Waals surface area (Å²) in [6, 6.07) is 51.6. The minimum absolute atomic E-state index is 0.0629. The van der Waals surface area contributed by atoms with Crippen LogP contribution in [0.1, 0.15) is 102 Å².